The van der Waals surface area contributed by atoms with Crippen LogP contribution in [0.5, 0.6) is 0 Å². The Kier molecular flexibility index (Phi) is 3.53. The van der Waals surface area contributed by atoms with Gasteiger partial charge in [-0.2, -0.15) is 12.6 Å². The maximum Gasteiger partial charge on any atom is 0.234 e. The van der Waals surface area contributed by atoms with Crippen molar-refractivity contribution < 1.29 is 14.7 Å². The summed E-state index contributed by atoms with van der Waals surface area (Å²) in [6, 6.07) is 5.71. The van der Waals surface area contributed by atoms with Gasteiger partial charge in [-0.15, -0.1) is 0 Å². The number of carbonyl (C=O) groups excluding carboxylic acids is 2. The molecule has 14 heavy (non-hydrogen) atoms. The Hall–Kier alpha value is -1.49. The Balaban J connectivity index is 2.73. The quantitative estimate of drug-likeness (QED) is 0.685. The third kappa shape index (κ3) is 2.77. The molecule has 0 atom stereocenters. The number of rotatable bonds is 3. The van der Waals surface area contributed by atoms with E-state index in [9.17, 15) is 14.7 Å². The number of nitrogens with one attached hydrogen (secondary N) is 1. The first kappa shape index (κ1) is 10.6. The van der Waals surface area contributed by atoms with Gasteiger partial charge in [0.1, 0.15) is 0 Å². The minimum atomic E-state index is -1.24. The Bertz CT molecular complexity index is 348. The van der Waals surface area contributed by atoms with Gasteiger partial charge in [0.05, 0.1) is 11.7 Å². The van der Waals surface area contributed by atoms with Crippen LogP contribution in [0.3, 0.4) is 0 Å². The Morgan fingerprint density at radius 1 is 1.29 bits per heavy atom. The van der Waals surface area contributed by atoms with Crippen molar-refractivity contribution in [3.63, 3.8) is 0 Å². The van der Waals surface area contributed by atoms with E-state index in [2.05, 4.69) is 17.9 Å². The van der Waals surface area contributed by atoms with Crippen LogP contribution >= 0.6 is 12.6 Å². The third-order valence-corrected chi connectivity index (χ3v) is 1.84. The molecule has 0 bridgehead atoms. The molecule has 1 aromatic rings. The van der Waals surface area contributed by atoms with Crippen molar-refractivity contribution >= 4 is 30.2 Å². The van der Waals surface area contributed by atoms with Crippen molar-refractivity contribution in [1.29, 1.82) is 0 Å². The molecule has 0 radical (unpaired) electrons. The molecule has 0 unspecified atom stereocenters. The summed E-state index contributed by atoms with van der Waals surface area (Å²) in [6.07, 6.45) is 0. The molecule has 0 aliphatic rings. The fourth-order valence-corrected chi connectivity index (χ4v) is 0.969. The summed E-state index contributed by atoms with van der Waals surface area (Å²) in [5.41, 5.74) is 0.614. The van der Waals surface area contributed by atoms with Crippen LogP contribution in [0.4, 0.5) is 5.69 Å². The summed E-state index contributed by atoms with van der Waals surface area (Å²) in [7, 11) is 0. The van der Waals surface area contributed by atoms with Crippen molar-refractivity contribution in [2.75, 3.05) is 11.1 Å². The fourth-order valence-electron chi connectivity index (χ4n) is 0.890. The summed E-state index contributed by atoms with van der Waals surface area (Å²) in [5, 5.41) is 12.9. The number of hydrogen-bond donors (Lipinski definition) is 2. The molecule has 4 nitrogen and oxygen atoms in total. The van der Waals surface area contributed by atoms with Gasteiger partial charge in [0.25, 0.3) is 0 Å². The molecule has 0 heterocycles. The number of aromatic carboxylic acids is 1. The summed E-state index contributed by atoms with van der Waals surface area (Å²) in [6.45, 7) is 0. The van der Waals surface area contributed by atoms with Gasteiger partial charge < -0.3 is 15.2 Å². The van der Waals surface area contributed by atoms with Gasteiger partial charge in [-0.05, 0) is 17.7 Å². The molecule has 0 fully saturated rings. The number of anilines is 1. The predicted molar refractivity (Wildman–Crippen MR) is 53.3 cm³/mol. The minimum Gasteiger partial charge on any atom is -0.545 e. The number of hydrogen-bond acceptors (Lipinski definition) is 4. The second kappa shape index (κ2) is 4.66. The highest BCUT2D eigenvalue weighted by molar-refractivity contribution is 7.81. The summed E-state index contributed by atoms with van der Waals surface area (Å²) < 4.78 is 0. The van der Waals surface area contributed by atoms with E-state index < -0.39 is 5.97 Å². The molecule has 0 saturated heterocycles. The van der Waals surface area contributed by atoms with Gasteiger partial charge in [0, 0.05) is 5.69 Å². The van der Waals surface area contributed by atoms with Crippen LogP contribution in [0, 0.1) is 0 Å². The second-order valence-electron chi connectivity index (χ2n) is 2.57. The van der Waals surface area contributed by atoms with Gasteiger partial charge in [-0.25, -0.2) is 0 Å². The number of carboxylic acid groups (broad SMARTS) is 1. The molecule has 0 aromatic heterocycles. The molecule has 5 heteroatoms. The summed E-state index contributed by atoms with van der Waals surface area (Å²) in [5.74, 6) is -1.39. The summed E-state index contributed by atoms with van der Waals surface area (Å²) in [4.78, 5) is 21.3. The predicted octanol–water partition coefficient (Wildman–Crippen LogP) is -0.0816. The molecule has 0 aliphatic heterocycles. The molecular formula is C9H8NO3S-. The van der Waals surface area contributed by atoms with Crippen LogP contribution in [-0.2, 0) is 4.79 Å². The highest BCUT2D eigenvalue weighted by atomic mass is 32.1. The number of carbonyl (C=O) groups is 2. The molecule has 1 N–H and O–H groups in total. The highest BCUT2D eigenvalue weighted by Gasteiger charge is 1.99. The zero-order valence-electron chi connectivity index (χ0n) is 7.19. The van der Waals surface area contributed by atoms with Crippen molar-refractivity contribution in [1.82, 2.24) is 0 Å². The van der Waals surface area contributed by atoms with E-state index >= 15 is 0 Å². The average Bonchev–Trinajstić information content (AvgIpc) is 2.18. The maximum absolute atomic E-state index is 10.9. The minimum absolute atomic E-state index is 0.0777. The third-order valence-electron chi connectivity index (χ3n) is 1.55. The van der Waals surface area contributed by atoms with Crippen LogP contribution in [0.2, 0.25) is 0 Å². The SMILES string of the molecule is O=C(CS)Nc1ccc(C(=O)[O-])cc1. The van der Waals surface area contributed by atoms with E-state index in [-0.39, 0.29) is 17.2 Å². The van der Waals surface area contributed by atoms with Gasteiger partial charge in [0.2, 0.25) is 5.91 Å². The van der Waals surface area contributed by atoms with Crippen LogP contribution in [0.15, 0.2) is 24.3 Å². The highest BCUT2D eigenvalue weighted by Crippen LogP contribution is 2.08. The average molecular weight is 210 g/mol. The van der Waals surface area contributed by atoms with Gasteiger partial charge in [-0.3, -0.25) is 4.79 Å². The Morgan fingerprint density at radius 3 is 2.29 bits per heavy atom. The van der Waals surface area contributed by atoms with Crippen molar-refractivity contribution in [3.8, 4) is 0 Å². The first-order valence-electron chi connectivity index (χ1n) is 3.85. The molecule has 1 amide bonds. The zero-order chi connectivity index (χ0) is 10.6. The monoisotopic (exact) mass is 210 g/mol. The zero-order valence-corrected chi connectivity index (χ0v) is 8.08. The largest absolute Gasteiger partial charge is 0.545 e. The second-order valence-corrected chi connectivity index (χ2v) is 2.89. The number of carboxylic acids is 1. The molecule has 1 aromatic carbocycles. The number of benzene rings is 1. The Labute approximate surface area is 86.3 Å². The van der Waals surface area contributed by atoms with Gasteiger partial charge in [-0.1, -0.05) is 12.1 Å². The number of thiol groups is 1. The molecule has 0 spiro atoms. The molecule has 0 aliphatic carbocycles. The van der Waals surface area contributed by atoms with Gasteiger partial charge >= 0.3 is 0 Å². The first-order valence-corrected chi connectivity index (χ1v) is 4.49. The lowest BCUT2D eigenvalue weighted by atomic mass is 10.2. The van der Waals surface area contributed by atoms with Crippen LogP contribution in [0.25, 0.3) is 0 Å². The Morgan fingerprint density at radius 2 is 1.86 bits per heavy atom. The fraction of sp³-hybridized carbons (Fsp3) is 0.111. The van der Waals surface area contributed by atoms with Gasteiger partial charge in [0.15, 0.2) is 0 Å². The maximum atomic E-state index is 10.9. The normalized spacial score (nSPS) is 9.50. The van der Waals surface area contributed by atoms with E-state index in [4.69, 9.17) is 0 Å². The van der Waals surface area contributed by atoms with E-state index in [1.807, 2.05) is 0 Å². The van der Waals surface area contributed by atoms with E-state index in [0.717, 1.165) is 0 Å². The standard InChI is InChI=1S/C9H9NO3S/c11-8(5-14)10-7-3-1-6(2-4-7)9(12)13/h1-4,14H,5H2,(H,10,11)(H,12,13)/p-1. The lowest BCUT2D eigenvalue weighted by molar-refractivity contribution is -0.255. The smallest absolute Gasteiger partial charge is 0.234 e. The van der Waals surface area contributed by atoms with Crippen molar-refractivity contribution in [2.45, 2.75) is 0 Å². The van der Waals surface area contributed by atoms with Crippen LogP contribution in [-0.4, -0.2) is 17.6 Å². The topological polar surface area (TPSA) is 69.2 Å². The summed E-state index contributed by atoms with van der Waals surface area (Å²) >= 11 is 3.78. The van der Waals surface area contributed by atoms with E-state index in [1.54, 1.807) is 0 Å². The van der Waals surface area contributed by atoms with Crippen LogP contribution < -0.4 is 10.4 Å². The molecule has 74 valence electrons. The molecule has 1 rings (SSSR count). The van der Waals surface area contributed by atoms with Crippen molar-refractivity contribution in [2.24, 2.45) is 0 Å². The van der Waals surface area contributed by atoms with Crippen molar-refractivity contribution in [3.05, 3.63) is 29.8 Å². The molecular weight excluding hydrogens is 202 g/mol. The first-order chi connectivity index (χ1) is 6.63. The van der Waals surface area contributed by atoms with Crippen LogP contribution in [0.1, 0.15) is 10.4 Å². The van der Waals surface area contributed by atoms with E-state index in [1.165, 1.54) is 24.3 Å². The van der Waals surface area contributed by atoms with E-state index in [0.29, 0.717) is 5.69 Å². The molecule has 0 saturated carbocycles. The lowest BCUT2D eigenvalue weighted by Gasteiger charge is -2.05. The number of amides is 1. The lowest BCUT2D eigenvalue weighted by Crippen LogP contribution is -2.22.